The number of fused-ring (bicyclic) bond motifs is 1. The molecule has 9 heteroatoms. The summed E-state index contributed by atoms with van der Waals surface area (Å²) >= 11 is 6.51. The Morgan fingerprint density at radius 1 is 0.828 bits per heavy atom. The highest BCUT2D eigenvalue weighted by Gasteiger charge is 2.42. The maximum absolute atomic E-state index is 13.2. The van der Waals surface area contributed by atoms with Crippen LogP contribution >= 0.6 is 31.9 Å². The number of rotatable bonds is 7. The minimum Gasteiger partial charge on any atom is -0.448 e. The smallest absolute Gasteiger partial charge is 0.264 e. The highest BCUT2D eigenvalue weighted by molar-refractivity contribution is 9.10. The highest BCUT2D eigenvalue weighted by atomic mass is 79.9. The van der Waals surface area contributed by atoms with Crippen LogP contribution < -0.4 is 0 Å². The molecule has 0 saturated carbocycles. The van der Waals surface area contributed by atoms with Gasteiger partial charge in [0.25, 0.3) is 11.8 Å². The number of carbonyl (C=O) groups is 2. The van der Waals surface area contributed by atoms with Crippen molar-refractivity contribution in [2.75, 3.05) is 6.54 Å². The molecule has 3 aromatic rings. The molecule has 0 unspecified atom stereocenters. The number of halogens is 2. The van der Waals surface area contributed by atoms with Gasteiger partial charge in [0, 0.05) is 6.54 Å². The monoisotopic (exact) mass is 521 g/mol. The second kappa shape index (κ2) is 8.23. The summed E-state index contributed by atoms with van der Waals surface area (Å²) in [5.41, 5.74) is 0.888. The molecule has 7 nitrogen and oxygen atoms in total. The van der Waals surface area contributed by atoms with Crippen LogP contribution in [-0.4, -0.2) is 33.5 Å². The SMILES string of the molecule is CCCCCCN1C(=O)c2c(-c3ccc(Br)o3)nnc(-c3ccc(Br)o3)c2C1=O. The second-order valence-electron chi connectivity index (χ2n) is 6.68. The number of carbonyl (C=O) groups excluding carboxylic acids is 2. The van der Waals surface area contributed by atoms with Gasteiger partial charge in [0.05, 0.1) is 11.1 Å². The van der Waals surface area contributed by atoms with Gasteiger partial charge in [-0.15, -0.1) is 10.2 Å². The van der Waals surface area contributed by atoms with Crippen molar-refractivity contribution in [3.05, 3.63) is 44.7 Å². The highest BCUT2D eigenvalue weighted by Crippen LogP contribution is 2.38. The summed E-state index contributed by atoms with van der Waals surface area (Å²) in [6.45, 7) is 2.47. The van der Waals surface area contributed by atoms with Crippen molar-refractivity contribution in [3.63, 3.8) is 0 Å². The Kier molecular flexibility index (Phi) is 5.69. The number of furan rings is 2. The molecule has 0 N–H and O–H groups in total. The maximum Gasteiger partial charge on any atom is 0.264 e. The van der Waals surface area contributed by atoms with Crippen LogP contribution in [0.3, 0.4) is 0 Å². The summed E-state index contributed by atoms with van der Waals surface area (Å²) < 4.78 is 12.1. The van der Waals surface area contributed by atoms with Crippen molar-refractivity contribution in [2.45, 2.75) is 32.6 Å². The van der Waals surface area contributed by atoms with Crippen LogP contribution in [0.15, 0.2) is 42.4 Å². The molecule has 0 aromatic carbocycles. The third-order valence-electron chi connectivity index (χ3n) is 4.74. The van der Waals surface area contributed by atoms with E-state index in [0.717, 1.165) is 25.7 Å². The Labute approximate surface area is 183 Å². The molecule has 0 saturated heterocycles. The quantitative estimate of drug-likeness (QED) is 0.292. The van der Waals surface area contributed by atoms with Crippen molar-refractivity contribution in [1.29, 1.82) is 0 Å². The summed E-state index contributed by atoms with van der Waals surface area (Å²) in [5, 5.41) is 8.42. The van der Waals surface area contributed by atoms with E-state index >= 15 is 0 Å². The van der Waals surface area contributed by atoms with Crippen molar-refractivity contribution < 1.29 is 18.4 Å². The van der Waals surface area contributed by atoms with Gasteiger partial charge in [-0.25, -0.2) is 0 Å². The molecule has 0 bridgehead atoms. The zero-order chi connectivity index (χ0) is 20.5. The van der Waals surface area contributed by atoms with E-state index in [1.807, 2.05) is 0 Å². The lowest BCUT2D eigenvalue weighted by Gasteiger charge is -2.13. The molecule has 1 aliphatic heterocycles. The number of imide groups is 1. The third-order valence-corrected chi connectivity index (χ3v) is 5.59. The predicted molar refractivity (Wildman–Crippen MR) is 112 cm³/mol. The Morgan fingerprint density at radius 3 is 1.76 bits per heavy atom. The van der Waals surface area contributed by atoms with Gasteiger partial charge in [-0.05, 0) is 62.5 Å². The van der Waals surface area contributed by atoms with Gasteiger partial charge < -0.3 is 8.83 Å². The van der Waals surface area contributed by atoms with Crippen molar-refractivity contribution in [3.8, 4) is 22.9 Å². The summed E-state index contributed by atoms with van der Waals surface area (Å²) in [5.74, 6) is -0.0415. The first-order valence-corrected chi connectivity index (χ1v) is 10.9. The number of nitrogens with zero attached hydrogens (tertiary/aromatic N) is 3. The van der Waals surface area contributed by atoms with Gasteiger partial charge in [-0.3, -0.25) is 14.5 Å². The van der Waals surface area contributed by atoms with Crippen molar-refractivity contribution >= 4 is 43.7 Å². The first kappa shape index (κ1) is 20.0. The number of hydrogen-bond acceptors (Lipinski definition) is 6. The van der Waals surface area contributed by atoms with E-state index in [9.17, 15) is 9.59 Å². The van der Waals surface area contributed by atoms with E-state index in [0.29, 0.717) is 27.4 Å². The van der Waals surface area contributed by atoms with E-state index in [1.165, 1.54) is 4.90 Å². The molecule has 0 atom stereocenters. The fraction of sp³-hybridized carbons (Fsp3) is 0.300. The van der Waals surface area contributed by atoms with Crippen LogP contribution in [0.25, 0.3) is 22.9 Å². The molecule has 1 aliphatic rings. The Bertz CT molecular complexity index is 1010. The molecular weight excluding hydrogens is 506 g/mol. The molecular formula is C20H17Br2N3O4. The van der Waals surface area contributed by atoms with Gasteiger partial charge in [-0.2, -0.15) is 0 Å². The van der Waals surface area contributed by atoms with Crippen molar-refractivity contribution in [2.24, 2.45) is 0 Å². The van der Waals surface area contributed by atoms with Crippen molar-refractivity contribution in [1.82, 2.24) is 15.1 Å². The number of amides is 2. The molecule has 29 heavy (non-hydrogen) atoms. The molecule has 0 aliphatic carbocycles. The molecule has 4 heterocycles. The fourth-order valence-corrected chi connectivity index (χ4v) is 3.96. The first-order chi connectivity index (χ1) is 14.0. The molecule has 0 fully saturated rings. The Hall–Kier alpha value is -2.26. The predicted octanol–water partition coefficient (Wildman–Crippen LogP) is 5.70. The zero-order valence-corrected chi connectivity index (χ0v) is 18.7. The molecule has 2 amide bonds. The molecule has 0 spiro atoms. The molecule has 4 rings (SSSR count). The van der Waals surface area contributed by atoms with Gasteiger partial charge in [0.1, 0.15) is 11.4 Å². The average Bonchev–Trinajstić information content (AvgIpc) is 3.39. The minimum absolute atomic E-state index is 0.199. The molecule has 3 aromatic heterocycles. The van der Waals surface area contributed by atoms with Gasteiger partial charge >= 0.3 is 0 Å². The largest absolute Gasteiger partial charge is 0.448 e. The van der Waals surface area contributed by atoms with E-state index in [4.69, 9.17) is 8.83 Å². The molecule has 0 radical (unpaired) electrons. The van der Waals surface area contributed by atoms with Gasteiger partial charge in [0.15, 0.2) is 20.9 Å². The van der Waals surface area contributed by atoms with Crippen LogP contribution in [0.4, 0.5) is 0 Å². The third kappa shape index (κ3) is 3.69. The van der Waals surface area contributed by atoms with Crippen LogP contribution in [0, 0.1) is 0 Å². The lowest BCUT2D eigenvalue weighted by molar-refractivity contribution is 0.0652. The lowest BCUT2D eigenvalue weighted by Crippen LogP contribution is -2.30. The Balaban J connectivity index is 1.81. The van der Waals surface area contributed by atoms with E-state index in [2.05, 4.69) is 49.0 Å². The van der Waals surface area contributed by atoms with E-state index < -0.39 is 0 Å². The summed E-state index contributed by atoms with van der Waals surface area (Å²) in [6, 6.07) is 6.76. The summed E-state index contributed by atoms with van der Waals surface area (Å²) in [6.07, 6.45) is 3.84. The average molecular weight is 523 g/mol. The standard InChI is InChI=1S/C20H17Br2N3O4/c1-2-3-4-5-10-25-19(26)15-16(20(25)27)18(12-7-9-14(22)29-12)24-23-17(15)11-6-8-13(21)28-11/h6-9H,2-5,10H2,1H3. The molecule has 150 valence electrons. The van der Waals surface area contributed by atoms with Gasteiger partial charge in [-0.1, -0.05) is 26.2 Å². The van der Waals surface area contributed by atoms with E-state index in [1.54, 1.807) is 24.3 Å². The van der Waals surface area contributed by atoms with Crippen LogP contribution in [0.5, 0.6) is 0 Å². The maximum atomic E-state index is 13.2. The second-order valence-corrected chi connectivity index (χ2v) is 8.24. The first-order valence-electron chi connectivity index (χ1n) is 9.29. The number of hydrogen-bond donors (Lipinski definition) is 0. The number of unbranched alkanes of at least 4 members (excludes halogenated alkanes) is 3. The summed E-state index contributed by atoms with van der Waals surface area (Å²) in [7, 11) is 0. The van der Waals surface area contributed by atoms with E-state index in [-0.39, 0.29) is 34.3 Å². The van der Waals surface area contributed by atoms with Gasteiger partial charge in [0.2, 0.25) is 0 Å². The van der Waals surface area contributed by atoms with Crippen LogP contribution in [0.2, 0.25) is 0 Å². The normalized spacial score (nSPS) is 13.4. The minimum atomic E-state index is -0.384. The topological polar surface area (TPSA) is 89.4 Å². The summed E-state index contributed by atoms with van der Waals surface area (Å²) in [4.78, 5) is 27.7. The number of aromatic nitrogens is 2. The zero-order valence-electron chi connectivity index (χ0n) is 15.6. The van der Waals surface area contributed by atoms with Crippen LogP contribution in [0.1, 0.15) is 53.3 Å². The lowest BCUT2D eigenvalue weighted by atomic mass is 10.0. The Morgan fingerprint density at radius 2 is 1.34 bits per heavy atom. The fourth-order valence-electron chi connectivity index (χ4n) is 3.34. The van der Waals surface area contributed by atoms with Crippen LogP contribution in [-0.2, 0) is 0 Å².